The Morgan fingerprint density at radius 2 is 0.812 bits per heavy atom. The summed E-state index contributed by atoms with van der Waals surface area (Å²) in [6.45, 7) is 3.70. The van der Waals surface area contributed by atoms with Gasteiger partial charge in [0.05, 0.1) is 0 Å². The van der Waals surface area contributed by atoms with Crippen molar-refractivity contribution in [1.82, 2.24) is 0 Å². The van der Waals surface area contributed by atoms with E-state index in [1.54, 1.807) is 60.7 Å². The van der Waals surface area contributed by atoms with Crippen molar-refractivity contribution in [2.45, 2.75) is 71.5 Å². The maximum atomic E-state index is 14.8. The van der Waals surface area contributed by atoms with Crippen LogP contribution in [0.15, 0.2) is 164 Å². The maximum absolute atomic E-state index is 14.8. The van der Waals surface area contributed by atoms with E-state index in [4.69, 9.17) is 0 Å². The van der Waals surface area contributed by atoms with E-state index in [1.165, 1.54) is 0 Å². The van der Waals surface area contributed by atoms with E-state index in [9.17, 15) is 69.7 Å². The number of fused-ring (bicyclic) bond motifs is 5. The summed E-state index contributed by atoms with van der Waals surface area (Å²) in [5.74, 6) is 0. The van der Waals surface area contributed by atoms with Crippen molar-refractivity contribution in [3.63, 3.8) is 0 Å². The second-order valence-corrected chi connectivity index (χ2v) is 43.3. The molecule has 0 saturated carbocycles. The summed E-state index contributed by atoms with van der Waals surface area (Å²) >= 11 is -6.91. The van der Waals surface area contributed by atoms with Crippen molar-refractivity contribution in [3.05, 3.63) is 231 Å². The number of halogens is 14. The van der Waals surface area contributed by atoms with Gasteiger partial charge in [0.25, 0.3) is 0 Å². The van der Waals surface area contributed by atoms with Crippen molar-refractivity contribution in [2.75, 3.05) is 0 Å². The molecule has 0 bridgehead atoms. The molecule has 0 fully saturated rings. The van der Waals surface area contributed by atoms with Gasteiger partial charge in [0.2, 0.25) is 0 Å². The van der Waals surface area contributed by atoms with Crippen LogP contribution in [0.4, 0.5) is 52.7 Å². The monoisotopic (exact) mass is 1230 g/mol. The Hall–Kier alpha value is -5.92. The first-order valence-electron chi connectivity index (χ1n) is 26.0. The third-order valence-electron chi connectivity index (χ3n) is 16.0. The first-order valence-corrected chi connectivity index (χ1v) is 37.9. The molecule has 0 radical (unpaired) electrons. The van der Waals surface area contributed by atoms with Gasteiger partial charge in [-0.1, -0.05) is 0 Å². The Balaban J connectivity index is 1.30. The van der Waals surface area contributed by atoms with E-state index >= 15 is 0 Å². The van der Waals surface area contributed by atoms with E-state index in [-0.39, 0.29) is 47.2 Å². The van der Waals surface area contributed by atoms with E-state index in [0.29, 0.717) is 71.8 Å². The number of hydrogen-bond acceptors (Lipinski definition) is 0. The fraction of sp³-hybridized carbons (Fsp3) is 0.188. The third kappa shape index (κ3) is 9.57. The normalized spacial score (nSPS) is 16.9. The summed E-state index contributed by atoms with van der Waals surface area (Å²) in [6, 6.07) is 42.1. The van der Waals surface area contributed by atoms with Crippen molar-refractivity contribution in [1.29, 1.82) is 0 Å². The molecule has 2 atom stereocenters. The van der Waals surface area contributed by atoms with Crippen LogP contribution in [0.25, 0.3) is 56.7 Å². The van der Waals surface area contributed by atoms with Gasteiger partial charge in [0, 0.05) is 0 Å². The Bertz CT molecular complexity index is 3570. The molecule has 16 heteroatoms. The Labute approximate surface area is 464 Å². The predicted octanol–water partition coefficient (Wildman–Crippen LogP) is 18.3. The Morgan fingerprint density at radius 3 is 1.21 bits per heavy atom. The van der Waals surface area contributed by atoms with Crippen LogP contribution in [0.3, 0.4) is 0 Å². The van der Waals surface area contributed by atoms with Gasteiger partial charge in [-0.3, -0.25) is 0 Å². The van der Waals surface area contributed by atoms with Crippen LogP contribution in [0.1, 0.15) is 101 Å². The summed E-state index contributed by atoms with van der Waals surface area (Å²) in [7, 11) is 17.3. The fourth-order valence-corrected chi connectivity index (χ4v) is 39.8. The van der Waals surface area contributed by atoms with Gasteiger partial charge >= 0.3 is 468 Å². The minimum absolute atomic E-state index is 0.102. The second kappa shape index (κ2) is 20.2. The van der Waals surface area contributed by atoms with Crippen LogP contribution in [-0.2, 0) is 53.9 Å². The Morgan fingerprint density at radius 1 is 0.425 bits per heavy atom. The Kier molecular flexibility index (Phi) is 14.1. The molecule has 8 aromatic carbocycles. The first kappa shape index (κ1) is 56.0. The topological polar surface area (TPSA) is 0 Å². The van der Waals surface area contributed by atoms with Crippen molar-refractivity contribution < 1.29 is 69.1 Å². The minimum atomic E-state index is -6.91. The van der Waals surface area contributed by atoms with Gasteiger partial charge in [-0.15, -0.1) is 0 Å². The molecule has 11 rings (SSSR count). The molecule has 0 aromatic heterocycles. The molecule has 8 aromatic rings. The predicted molar refractivity (Wildman–Crippen MR) is 297 cm³/mol. The number of alkyl halides is 12. The molecule has 2 aliphatic carbocycles. The zero-order chi connectivity index (χ0) is 56.9. The van der Waals surface area contributed by atoms with E-state index in [0.717, 1.165) is 45.8 Å². The summed E-state index contributed by atoms with van der Waals surface area (Å²) in [5.41, 5.74) is 0.376. The number of aryl methyl sites for hydroxylation is 2. The number of hydrogen-bond donors (Lipinski definition) is 0. The molecule has 1 aliphatic heterocycles. The van der Waals surface area contributed by atoms with Crippen LogP contribution < -0.4 is 13.6 Å². The quantitative estimate of drug-likeness (QED) is 0.0894. The molecule has 0 saturated heterocycles. The summed E-state index contributed by atoms with van der Waals surface area (Å²) in [6.07, 6.45) is -15.6. The van der Waals surface area contributed by atoms with Crippen LogP contribution in [-0.4, -0.2) is 9.52 Å². The summed E-state index contributed by atoms with van der Waals surface area (Å²) in [5, 5.41) is 2.03. The van der Waals surface area contributed by atoms with Crippen molar-refractivity contribution >= 4 is 63.5 Å². The molecular weight excluding hydrogens is 1190 g/mol. The molecule has 409 valence electrons. The molecule has 0 amide bonds. The van der Waals surface area contributed by atoms with Crippen LogP contribution in [0.5, 0.6) is 0 Å². The van der Waals surface area contributed by atoms with Crippen LogP contribution in [0.2, 0.25) is 0 Å². The first-order chi connectivity index (χ1) is 37.8. The average Bonchev–Trinajstić information content (AvgIpc) is 4.25. The molecule has 0 nitrogen and oxygen atoms in total. The molecular formula is C64H47Cl2F12SiZr. The molecule has 3 aliphatic rings. The van der Waals surface area contributed by atoms with Gasteiger partial charge in [0.15, 0.2) is 0 Å². The van der Waals surface area contributed by atoms with Gasteiger partial charge < -0.3 is 0 Å². The number of allylic oxidation sites excluding steroid dienone is 2. The summed E-state index contributed by atoms with van der Waals surface area (Å²) < 4.78 is 177. The average molecular weight is 1230 g/mol. The van der Waals surface area contributed by atoms with Gasteiger partial charge in [-0.25, -0.2) is 0 Å². The van der Waals surface area contributed by atoms with Gasteiger partial charge in [-0.2, -0.15) is 0 Å². The molecule has 0 N–H and O–H groups in total. The van der Waals surface area contributed by atoms with Crippen LogP contribution >= 0.6 is 17.0 Å². The zero-order valence-electron chi connectivity index (χ0n) is 42.7. The van der Waals surface area contributed by atoms with E-state index in [1.807, 2.05) is 86.6 Å². The van der Waals surface area contributed by atoms with E-state index in [2.05, 4.69) is 6.07 Å². The number of benzene rings is 8. The molecule has 0 spiro atoms. The second-order valence-electron chi connectivity index (χ2n) is 20.9. The van der Waals surface area contributed by atoms with Gasteiger partial charge in [0.1, 0.15) is 0 Å². The van der Waals surface area contributed by atoms with Crippen LogP contribution in [0, 0.1) is 0 Å². The molecule has 2 unspecified atom stereocenters. The fourth-order valence-electron chi connectivity index (χ4n) is 12.8. The zero-order valence-corrected chi connectivity index (χ0v) is 48.1. The SMILES string of the molecule is CCCc1ccc2c(c1-c1cc(C(F)(F)F)cc(C(F)(F)F)c1)C=C(c1ccccc1)[CH]2[Zr]([Cl])([Cl])([c]1cccc2c1[SiH2]c1ccccc1-2)[CH]1C(c2ccccc2)=Cc2c1ccc(CCC)c2-c1cc(C(F)(F)F)cc(C(F)(F)F)c1. The number of rotatable bonds is 11. The third-order valence-corrected chi connectivity index (χ3v) is 38.5. The standard InChI is InChI=1S/2C26H19F6.C12H9Si.2ClH.Zr/c2*1-2-6-17-9-10-18-11-19(16-7-4-3-5-8-16)14-23(18)24(17)20-12-21(25(27,28)29)15-22(13-20)26(30,31)32;1-3-7-11-9(5-1)10-6-2-4-8-12(10)13-11;;;/h2*3-5,7-15H,2,6H2,1H3;1-7H,13H2;2*1H;/q;;;;;+2/p-2. The van der Waals surface area contributed by atoms with Gasteiger partial charge in [-0.05, 0) is 0 Å². The van der Waals surface area contributed by atoms with E-state index < -0.39 is 80.1 Å². The molecule has 1 heterocycles. The van der Waals surface area contributed by atoms with Crippen molar-refractivity contribution in [3.8, 4) is 33.4 Å². The van der Waals surface area contributed by atoms with Crippen molar-refractivity contribution in [2.24, 2.45) is 0 Å². The summed E-state index contributed by atoms with van der Waals surface area (Å²) in [4.78, 5) is 0. The molecule has 80 heavy (non-hydrogen) atoms.